The molecular weight excluding hydrogens is 534 g/mol. The van der Waals surface area contributed by atoms with Crippen molar-refractivity contribution in [2.24, 2.45) is 0 Å². The van der Waals surface area contributed by atoms with Gasteiger partial charge in [0, 0.05) is 6.42 Å². The third kappa shape index (κ3) is 8.66. The maximum atomic E-state index is 15.1. The maximum absolute atomic E-state index is 15.1. The fraction of sp³-hybridized carbons (Fsp3) is 0.800. The Morgan fingerprint density at radius 2 is 0.949 bits per heavy atom. The molecule has 0 saturated heterocycles. The Labute approximate surface area is 238 Å². The van der Waals surface area contributed by atoms with Gasteiger partial charge in [0.05, 0.1) is 24.4 Å². The minimum Gasteiger partial charge on any atom is -0.507 e. The number of rotatable bonds is 13. The predicted molar refractivity (Wildman–Crippen MR) is 162 cm³/mol. The zero-order valence-electron chi connectivity index (χ0n) is 27.2. The van der Waals surface area contributed by atoms with Gasteiger partial charge >= 0.3 is 15.2 Å². The maximum Gasteiger partial charge on any atom is 0.349 e. The number of benzene rings is 1. The van der Waals surface area contributed by atoms with Gasteiger partial charge in [0.25, 0.3) is 0 Å². The lowest BCUT2D eigenvalue weighted by molar-refractivity contribution is 0.107. The summed E-state index contributed by atoms with van der Waals surface area (Å²) in [5.41, 5.74) is 1.50. The van der Waals surface area contributed by atoms with E-state index in [1.165, 1.54) is 0 Å². The first-order valence-electron chi connectivity index (χ1n) is 14.3. The zero-order chi connectivity index (χ0) is 30.8. The second-order valence-corrected chi connectivity index (χ2v) is 18.6. The number of phenols is 1. The van der Waals surface area contributed by atoms with Crippen LogP contribution < -0.4 is 0 Å². The van der Waals surface area contributed by atoms with Crippen LogP contribution in [0.25, 0.3) is 0 Å². The van der Waals surface area contributed by atoms with Crippen molar-refractivity contribution in [3.8, 4) is 5.75 Å². The third-order valence-corrected chi connectivity index (χ3v) is 13.5. The average Bonchev–Trinajstić information content (AvgIpc) is 2.68. The first kappa shape index (κ1) is 36.3. The summed E-state index contributed by atoms with van der Waals surface area (Å²) in [6, 6.07) is 3.83. The molecule has 1 rings (SSSR count). The molecule has 0 atom stereocenters. The Morgan fingerprint density at radius 3 is 1.15 bits per heavy atom. The van der Waals surface area contributed by atoms with Crippen molar-refractivity contribution in [2.45, 2.75) is 157 Å². The van der Waals surface area contributed by atoms with E-state index < -0.39 is 44.5 Å². The number of hydrogen-bond donors (Lipinski definition) is 1. The van der Waals surface area contributed by atoms with Gasteiger partial charge in [0.1, 0.15) is 5.75 Å². The summed E-state index contributed by atoms with van der Waals surface area (Å²) in [5.74, 6) is 0.237. The van der Waals surface area contributed by atoms with E-state index in [0.29, 0.717) is 0 Å². The standard InChI is InChI=1S/C30H56O7P2/c1-16-30(38(32,34-20(2)3)35-21(4)5,39(33,36-22(6)7)37-23(8)9)19-24-17-25(28(10,11)12)27(31)26(18-24)29(13,14)15/h17-18,20-23,31H,16,19H2,1-15H3. The molecule has 0 aliphatic rings. The highest BCUT2D eigenvalue weighted by Gasteiger charge is 2.65. The van der Waals surface area contributed by atoms with Crippen LogP contribution >= 0.6 is 15.2 Å². The normalized spacial score (nSPS) is 14.3. The Kier molecular flexibility index (Phi) is 12.2. The fourth-order valence-corrected chi connectivity index (χ4v) is 11.1. The lowest BCUT2D eigenvalue weighted by Gasteiger charge is -2.44. The monoisotopic (exact) mass is 590 g/mol. The Bertz CT molecular complexity index is 945. The molecule has 0 aliphatic heterocycles. The second kappa shape index (κ2) is 13.1. The van der Waals surface area contributed by atoms with Crippen LogP contribution in [0.5, 0.6) is 5.75 Å². The lowest BCUT2D eigenvalue weighted by atomic mass is 9.78. The molecule has 1 aromatic rings. The molecule has 1 N–H and O–H groups in total. The van der Waals surface area contributed by atoms with Crippen LogP contribution in [-0.4, -0.2) is 34.4 Å². The van der Waals surface area contributed by atoms with Crippen LogP contribution in [0.3, 0.4) is 0 Å². The highest BCUT2D eigenvalue weighted by Crippen LogP contribution is 2.81. The molecular formula is C30H56O7P2. The van der Waals surface area contributed by atoms with E-state index in [0.717, 1.165) is 16.7 Å². The third-order valence-electron chi connectivity index (χ3n) is 6.26. The average molecular weight is 591 g/mol. The van der Waals surface area contributed by atoms with Gasteiger partial charge in [-0.25, -0.2) is 0 Å². The van der Waals surface area contributed by atoms with Crippen molar-refractivity contribution in [2.75, 3.05) is 0 Å². The summed E-state index contributed by atoms with van der Waals surface area (Å²) in [6.07, 6.45) is -1.69. The molecule has 7 nitrogen and oxygen atoms in total. The van der Waals surface area contributed by atoms with Crippen molar-refractivity contribution in [3.05, 3.63) is 28.8 Å². The van der Waals surface area contributed by atoms with Gasteiger partial charge in [-0.1, -0.05) is 60.6 Å². The molecule has 0 aliphatic carbocycles. The minimum absolute atomic E-state index is 0.0450. The summed E-state index contributed by atoms with van der Waals surface area (Å²) in [4.78, 5) is -1.65. The molecule has 0 aromatic heterocycles. The Balaban J connectivity index is 4.27. The molecule has 9 heteroatoms. The summed E-state index contributed by atoms with van der Waals surface area (Å²) < 4.78 is 54.8. The predicted octanol–water partition coefficient (Wildman–Crippen LogP) is 9.72. The zero-order valence-corrected chi connectivity index (χ0v) is 29.0. The summed E-state index contributed by atoms with van der Waals surface area (Å²) in [7, 11) is -8.34. The Hall–Kier alpha value is -0.680. The summed E-state index contributed by atoms with van der Waals surface area (Å²) >= 11 is 0. The molecule has 0 heterocycles. The molecule has 0 amide bonds. The van der Waals surface area contributed by atoms with Crippen molar-refractivity contribution >= 4 is 15.2 Å². The minimum atomic E-state index is -4.17. The van der Waals surface area contributed by atoms with Gasteiger partial charge in [-0.2, -0.15) is 0 Å². The van der Waals surface area contributed by atoms with Crippen LogP contribution in [0.1, 0.15) is 127 Å². The van der Waals surface area contributed by atoms with Crippen molar-refractivity contribution in [1.82, 2.24) is 0 Å². The highest BCUT2D eigenvalue weighted by molar-refractivity contribution is 7.74. The van der Waals surface area contributed by atoms with Crippen molar-refractivity contribution < 1.29 is 32.3 Å². The summed E-state index contributed by atoms with van der Waals surface area (Å²) in [5, 5.41) is 11.3. The SMILES string of the molecule is CCC(Cc1cc(C(C)(C)C)c(O)c(C(C)(C)C)c1)(P(=O)(OC(C)C)OC(C)C)P(=O)(OC(C)C)OC(C)C. The summed E-state index contributed by atoms with van der Waals surface area (Å²) in [6.45, 7) is 28.3. The number of phenolic OH excluding ortho intramolecular Hbond substituents is 1. The molecule has 0 saturated carbocycles. The lowest BCUT2D eigenvalue weighted by Crippen LogP contribution is -2.38. The second-order valence-electron chi connectivity index (χ2n) is 13.7. The van der Waals surface area contributed by atoms with Crippen LogP contribution in [0.15, 0.2) is 12.1 Å². The van der Waals surface area contributed by atoms with Gasteiger partial charge in [-0.05, 0) is 89.3 Å². The first-order valence-corrected chi connectivity index (χ1v) is 17.3. The van der Waals surface area contributed by atoms with Gasteiger partial charge in [-0.15, -0.1) is 0 Å². The Morgan fingerprint density at radius 1 is 0.667 bits per heavy atom. The van der Waals surface area contributed by atoms with E-state index in [4.69, 9.17) is 18.1 Å². The molecule has 39 heavy (non-hydrogen) atoms. The van der Waals surface area contributed by atoms with E-state index >= 15 is 9.13 Å². The first-order chi connectivity index (χ1) is 17.4. The number of aromatic hydroxyl groups is 1. The van der Waals surface area contributed by atoms with Gasteiger partial charge in [-0.3, -0.25) is 9.13 Å². The largest absolute Gasteiger partial charge is 0.507 e. The van der Waals surface area contributed by atoms with Crippen LogP contribution in [0.4, 0.5) is 0 Å². The molecule has 0 fully saturated rings. The van der Waals surface area contributed by atoms with Crippen molar-refractivity contribution in [1.29, 1.82) is 0 Å². The van der Waals surface area contributed by atoms with Crippen LogP contribution in [0, 0.1) is 0 Å². The van der Waals surface area contributed by atoms with Gasteiger partial charge in [0.15, 0.2) is 4.90 Å². The van der Waals surface area contributed by atoms with E-state index in [-0.39, 0.29) is 29.4 Å². The van der Waals surface area contributed by atoms with Gasteiger partial charge < -0.3 is 23.2 Å². The molecule has 0 unspecified atom stereocenters. The van der Waals surface area contributed by atoms with Crippen LogP contribution in [-0.2, 0) is 44.5 Å². The fourth-order valence-electron chi connectivity index (χ4n) is 4.67. The molecule has 0 bridgehead atoms. The quantitative estimate of drug-likeness (QED) is 0.229. The van der Waals surface area contributed by atoms with Crippen LogP contribution in [0.2, 0.25) is 0 Å². The topological polar surface area (TPSA) is 91.3 Å². The van der Waals surface area contributed by atoms with E-state index in [9.17, 15) is 5.11 Å². The van der Waals surface area contributed by atoms with Crippen molar-refractivity contribution in [3.63, 3.8) is 0 Å². The van der Waals surface area contributed by atoms with E-state index in [2.05, 4.69) is 0 Å². The van der Waals surface area contributed by atoms with E-state index in [1.54, 1.807) is 55.4 Å². The highest BCUT2D eigenvalue weighted by atomic mass is 31.2. The molecule has 0 radical (unpaired) electrons. The molecule has 228 valence electrons. The molecule has 1 aromatic carbocycles. The van der Waals surface area contributed by atoms with Gasteiger partial charge in [0.2, 0.25) is 0 Å². The molecule has 0 spiro atoms. The smallest absolute Gasteiger partial charge is 0.349 e. The number of hydrogen-bond acceptors (Lipinski definition) is 7. The van der Waals surface area contributed by atoms with E-state index in [1.807, 2.05) is 60.6 Å².